The number of carbonyl (C=O) groups excluding carboxylic acids is 1. The van der Waals surface area contributed by atoms with Crippen molar-refractivity contribution in [3.8, 4) is 0 Å². The van der Waals surface area contributed by atoms with E-state index in [4.69, 9.17) is 0 Å². The van der Waals surface area contributed by atoms with Gasteiger partial charge in [0.05, 0.1) is 35.0 Å². The summed E-state index contributed by atoms with van der Waals surface area (Å²) in [5, 5.41) is 3.26. The first-order valence-electron chi connectivity index (χ1n) is 8.82. The zero-order valence-electron chi connectivity index (χ0n) is 15.1. The molecule has 0 aliphatic carbocycles. The van der Waals surface area contributed by atoms with Crippen LogP contribution < -0.4 is 10.2 Å². The van der Waals surface area contributed by atoms with Crippen LogP contribution >= 0.6 is 27.7 Å². The van der Waals surface area contributed by atoms with Crippen LogP contribution in [0.3, 0.4) is 0 Å². The lowest BCUT2D eigenvalue weighted by molar-refractivity contribution is -0.113. The number of benzene rings is 2. The summed E-state index contributed by atoms with van der Waals surface area (Å²) in [5.74, 6) is -0.739. The lowest BCUT2D eigenvalue weighted by Gasteiger charge is -2.26. The smallest absolute Gasteiger partial charge is 0.234 e. The summed E-state index contributed by atoms with van der Waals surface area (Å²) < 4.78 is 39.4. The molecule has 1 saturated heterocycles. The van der Waals surface area contributed by atoms with Gasteiger partial charge in [-0.3, -0.25) is 9.79 Å². The Morgan fingerprint density at radius 2 is 1.93 bits per heavy atom. The molecule has 2 heterocycles. The first kappa shape index (κ1) is 20.4. The SMILES string of the molecule is O=C(CSC1=N[C@H]2CS(=O)(=O)C[C@@H]2N1c1ccccc1F)Nc1ccc(Br)cc1. The second-order valence-electron chi connectivity index (χ2n) is 6.79. The van der Waals surface area contributed by atoms with Crippen LogP contribution in [0.2, 0.25) is 0 Å². The predicted molar refractivity (Wildman–Crippen MR) is 118 cm³/mol. The van der Waals surface area contributed by atoms with Crippen LogP contribution in [-0.4, -0.2) is 48.8 Å². The highest BCUT2D eigenvalue weighted by Crippen LogP contribution is 2.36. The number of sulfone groups is 1. The Bertz CT molecular complexity index is 1080. The van der Waals surface area contributed by atoms with Gasteiger partial charge in [-0.25, -0.2) is 12.8 Å². The molecule has 0 bridgehead atoms. The van der Waals surface area contributed by atoms with Gasteiger partial charge in [0.25, 0.3) is 0 Å². The van der Waals surface area contributed by atoms with Crippen molar-refractivity contribution in [2.75, 3.05) is 27.5 Å². The third-order valence-electron chi connectivity index (χ3n) is 4.68. The van der Waals surface area contributed by atoms with Crippen molar-refractivity contribution in [3.63, 3.8) is 0 Å². The van der Waals surface area contributed by atoms with Crippen molar-refractivity contribution in [2.24, 2.45) is 4.99 Å². The molecule has 4 rings (SSSR count). The maximum atomic E-state index is 14.4. The maximum Gasteiger partial charge on any atom is 0.234 e. The quantitative estimate of drug-likeness (QED) is 0.700. The van der Waals surface area contributed by atoms with Gasteiger partial charge in [0.15, 0.2) is 15.0 Å². The zero-order chi connectivity index (χ0) is 20.6. The Hall–Kier alpha value is -1.91. The predicted octanol–water partition coefficient (Wildman–Crippen LogP) is 3.30. The molecule has 0 saturated carbocycles. The first-order chi connectivity index (χ1) is 13.8. The van der Waals surface area contributed by atoms with Gasteiger partial charge in [0.1, 0.15) is 5.82 Å². The number of fused-ring (bicyclic) bond motifs is 1. The highest BCUT2D eigenvalue weighted by molar-refractivity contribution is 9.10. The van der Waals surface area contributed by atoms with Gasteiger partial charge in [-0.05, 0) is 36.4 Å². The Balaban J connectivity index is 1.51. The van der Waals surface area contributed by atoms with Crippen LogP contribution in [0.25, 0.3) is 0 Å². The lowest BCUT2D eigenvalue weighted by atomic mass is 10.1. The highest BCUT2D eigenvalue weighted by Gasteiger charge is 2.47. The van der Waals surface area contributed by atoms with Crippen LogP contribution in [0, 0.1) is 5.82 Å². The minimum absolute atomic E-state index is 0.0578. The number of hydrogen-bond acceptors (Lipinski definition) is 6. The number of rotatable bonds is 4. The maximum absolute atomic E-state index is 14.4. The van der Waals surface area contributed by atoms with Crippen LogP contribution in [0.15, 0.2) is 58.0 Å². The van der Waals surface area contributed by atoms with E-state index in [2.05, 4.69) is 26.2 Å². The number of halogens is 2. The van der Waals surface area contributed by atoms with Gasteiger partial charge in [-0.2, -0.15) is 0 Å². The minimum atomic E-state index is -3.22. The van der Waals surface area contributed by atoms with E-state index in [1.807, 2.05) is 12.1 Å². The molecule has 0 radical (unpaired) electrons. The fourth-order valence-electron chi connectivity index (χ4n) is 3.42. The average molecular weight is 498 g/mol. The minimum Gasteiger partial charge on any atom is -0.325 e. The standard InChI is InChI=1S/C19H17BrFN3O3S2/c20-12-5-7-13(8-6-12)22-18(25)9-28-19-23-15-10-29(26,27)11-17(15)24(19)16-4-2-1-3-14(16)21/h1-8,15,17H,9-11H2,(H,22,25)/t15-,17-/m0/s1. The number of carbonyl (C=O) groups is 1. The van der Waals surface area contributed by atoms with Gasteiger partial charge < -0.3 is 10.2 Å². The van der Waals surface area contributed by atoms with E-state index in [1.54, 1.807) is 35.2 Å². The molecular formula is C19H17BrFN3O3S2. The number of aliphatic imine (C=N–C) groups is 1. The third-order valence-corrected chi connectivity index (χ3v) is 7.87. The molecule has 29 heavy (non-hydrogen) atoms. The molecule has 2 aromatic carbocycles. The Kier molecular flexibility index (Phi) is 5.67. The monoisotopic (exact) mass is 497 g/mol. The molecule has 0 spiro atoms. The van der Waals surface area contributed by atoms with Crippen molar-refractivity contribution >= 4 is 60.0 Å². The molecular weight excluding hydrogens is 481 g/mol. The molecule has 2 atom stereocenters. The molecule has 1 fully saturated rings. The van der Waals surface area contributed by atoms with Gasteiger partial charge in [0.2, 0.25) is 5.91 Å². The topological polar surface area (TPSA) is 78.8 Å². The van der Waals surface area contributed by atoms with Crippen molar-refractivity contribution in [2.45, 2.75) is 12.1 Å². The van der Waals surface area contributed by atoms with E-state index in [1.165, 1.54) is 17.8 Å². The summed E-state index contributed by atoms with van der Waals surface area (Å²) in [7, 11) is -3.22. The number of anilines is 2. The molecule has 6 nitrogen and oxygen atoms in total. The number of nitrogens with zero attached hydrogens (tertiary/aromatic N) is 2. The van der Waals surface area contributed by atoms with E-state index in [9.17, 15) is 17.6 Å². The zero-order valence-corrected chi connectivity index (χ0v) is 18.3. The molecule has 152 valence electrons. The average Bonchev–Trinajstić information content (AvgIpc) is 3.13. The van der Waals surface area contributed by atoms with Crippen LogP contribution in [0.1, 0.15) is 0 Å². The van der Waals surface area contributed by atoms with Crippen molar-refractivity contribution in [3.05, 3.63) is 58.8 Å². The first-order valence-corrected chi connectivity index (χ1v) is 12.4. The molecule has 10 heteroatoms. The second-order valence-corrected chi connectivity index (χ2v) is 10.8. The van der Waals surface area contributed by atoms with Gasteiger partial charge in [-0.1, -0.05) is 39.8 Å². The largest absolute Gasteiger partial charge is 0.325 e. The molecule has 0 unspecified atom stereocenters. The Morgan fingerprint density at radius 1 is 1.21 bits per heavy atom. The van der Waals surface area contributed by atoms with Gasteiger partial charge >= 0.3 is 0 Å². The number of nitrogens with one attached hydrogen (secondary N) is 1. The molecule has 2 aliphatic heterocycles. The van der Waals surface area contributed by atoms with Gasteiger partial charge in [-0.15, -0.1) is 0 Å². The van der Waals surface area contributed by atoms with Crippen molar-refractivity contribution in [1.29, 1.82) is 0 Å². The number of thioether (sulfide) groups is 1. The van der Waals surface area contributed by atoms with E-state index in [0.29, 0.717) is 10.9 Å². The third kappa shape index (κ3) is 4.49. The summed E-state index contributed by atoms with van der Waals surface area (Å²) in [4.78, 5) is 18.5. The Labute approximate surface area is 180 Å². The number of para-hydroxylation sites is 1. The second kappa shape index (κ2) is 8.08. The number of amides is 1. The number of amidine groups is 1. The van der Waals surface area contributed by atoms with E-state index in [0.717, 1.165) is 4.47 Å². The normalized spacial score (nSPS) is 22.3. The number of hydrogen-bond donors (Lipinski definition) is 1. The van der Waals surface area contributed by atoms with E-state index >= 15 is 0 Å². The lowest BCUT2D eigenvalue weighted by Crippen LogP contribution is -2.40. The molecule has 0 aromatic heterocycles. The highest BCUT2D eigenvalue weighted by atomic mass is 79.9. The molecule has 2 aliphatic rings. The molecule has 1 amide bonds. The van der Waals surface area contributed by atoms with Gasteiger partial charge in [0, 0.05) is 10.2 Å². The van der Waals surface area contributed by atoms with Crippen LogP contribution in [-0.2, 0) is 14.6 Å². The van der Waals surface area contributed by atoms with E-state index < -0.39 is 27.7 Å². The van der Waals surface area contributed by atoms with Crippen molar-refractivity contribution in [1.82, 2.24) is 0 Å². The molecule has 1 N–H and O–H groups in total. The fraction of sp³-hybridized carbons (Fsp3) is 0.263. The summed E-state index contributed by atoms with van der Waals surface area (Å²) in [5.41, 5.74) is 0.942. The van der Waals surface area contributed by atoms with Crippen LogP contribution in [0.5, 0.6) is 0 Å². The Morgan fingerprint density at radius 3 is 2.66 bits per heavy atom. The summed E-state index contributed by atoms with van der Waals surface area (Å²) in [6, 6.07) is 12.5. The van der Waals surface area contributed by atoms with Crippen LogP contribution in [0.4, 0.5) is 15.8 Å². The van der Waals surface area contributed by atoms with E-state index in [-0.39, 0.29) is 28.9 Å². The van der Waals surface area contributed by atoms with Crippen molar-refractivity contribution < 1.29 is 17.6 Å². The molecule has 2 aromatic rings. The summed E-state index contributed by atoms with van der Waals surface area (Å²) in [6.45, 7) is 0. The fourth-order valence-corrected chi connectivity index (χ4v) is 6.45. The summed E-state index contributed by atoms with van der Waals surface area (Å²) in [6.07, 6.45) is 0. The summed E-state index contributed by atoms with van der Waals surface area (Å²) >= 11 is 4.52.